The van der Waals surface area contributed by atoms with Crippen molar-refractivity contribution in [2.45, 2.75) is 13.3 Å². The molecule has 32 heavy (non-hydrogen) atoms. The lowest BCUT2D eigenvalue weighted by Crippen LogP contribution is -2.28. The third-order valence-corrected chi connectivity index (χ3v) is 5.61. The standard InChI is InChI=1S/C25H22N4O3/c1-2-32-25(31)21-16-28(15-12-20-19-6-3-4-7-22(19)27-23(20)21)24(30)17-8-10-18(11-9-17)29-14-5-13-26-29/h3-11,13-14,16,27H,2,12,15H2,1H3. The van der Waals surface area contributed by atoms with Gasteiger partial charge in [0.05, 0.1) is 23.6 Å². The summed E-state index contributed by atoms with van der Waals surface area (Å²) >= 11 is 0. The molecule has 0 radical (unpaired) electrons. The number of benzene rings is 2. The van der Waals surface area contributed by atoms with Gasteiger partial charge in [-0.25, -0.2) is 9.48 Å². The Morgan fingerprint density at radius 1 is 1.09 bits per heavy atom. The lowest BCUT2D eigenvalue weighted by Gasteiger charge is -2.18. The molecule has 3 heterocycles. The second-order valence-corrected chi connectivity index (χ2v) is 7.53. The molecule has 0 saturated heterocycles. The lowest BCUT2D eigenvalue weighted by atomic mass is 10.0. The van der Waals surface area contributed by atoms with Gasteiger partial charge in [0.15, 0.2) is 0 Å². The zero-order chi connectivity index (χ0) is 22.1. The summed E-state index contributed by atoms with van der Waals surface area (Å²) in [5.41, 5.74) is 4.46. The summed E-state index contributed by atoms with van der Waals surface area (Å²) in [4.78, 5) is 31.1. The molecule has 5 rings (SSSR count). The molecule has 2 aromatic carbocycles. The maximum Gasteiger partial charge on any atom is 0.341 e. The Labute approximate surface area is 184 Å². The summed E-state index contributed by atoms with van der Waals surface area (Å²) < 4.78 is 7.04. The number of hydrogen-bond donors (Lipinski definition) is 1. The molecule has 0 fully saturated rings. The van der Waals surface area contributed by atoms with Crippen molar-refractivity contribution >= 4 is 28.4 Å². The van der Waals surface area contributed by atoms with Gasteiger partial charge in [0.25, 0.3) is 5.91 Å². The lowest BCUT2D eigenvalue weighted by molar-refractivity contribution is -0.136. The summed E-state index contributed by atoms with van der Waals surface area (Å²) in [7, 11) is 0. The quantitative estimate of drug-likeness (QED) is 0.501. The van der Waals surface area contributed by atoms with Gasteiger partial charge in [0, 0.05) is 41.6 Å². The fraction of sp³-hybridized carbons (Fsp3) is 0.160. The maximum absolute atomic E-state index is 13.3. The summed E-state index contributed by atoms with van der Waals surface area (Å²) in [6.45, 7) is 2.48. The molecule has 2 aromatic heterocycles. The van der Waals surface area contributed by atoms with E-state index < -0.39 is 5.97 Å². The first-order chi connectivity index (χ1) is 15.7. The monoisotopic (exact) mass is 426 g/mol. The number of rotatable bonds is 4. The highest BCUT2D eigenvalue weighted by Crippen LogP contribution is 2.31. The minimum absolute atomic E-state index is 0.173. The number of carbonyl (C=O) groups is 2. The van der Waals surface area contributed by atoms with Crippen molar-refractivity contribution in [3.63, 3.8) is 0 Å². The van der Waals surface area contributed by atoms with Crippen LogP contribution in [-0.4, -0.2) is 44.7 Å². The summed E-state index contributed by atoms with van der Waals surface area (Å²) in [6.07, 6.45) is 5.78. The highest BCUT2D eigenvalue weighted by atomic mass is 16.5. The van der Waals surface area contributed by atoms with Gasteiger partial charge in [-0.3, -0.25) is 4.79 Å². The number of carbonyl (C=O) groups excluding carboxylic acids is 2. The second-order valence-electron chi connectivity index (χ2n) is 7.53. The molecular formula is C25H22N4O3. The van der Waals surface area contributed by atoms with Crippen molar-refractivity contribution in [3.05, 3.63) is 90.0 Å². The average molecular weight is 426 g/mol. The molecule has 4 aromatic rings. The molecule has 1 aliphatic heterocycles. The SMILES string of the molecule is CCOC(=O)C1=CN(C(=O)c2ccc(-n3cccn3)cc2)CCc2c1[nH]c1ccccc21. The molecular weight excluding hydrogens is 404 g/mol. The van der Waals surface area contributed by atoms with E-state index in [1.165, 1.54) is 0 Å². The predicted molar refractivity (Wildman–Crippen MR) is 121 cm³/mol. The summed E-state index contributed by atoms with van der Waals surface area (Å²) in [5, 5.41) is 5.26. The molecule has 1 N–H and O–H groups in total. The number of para-hydroxylation sites is 1. The number of aromatic amines is 1. The van der Waals surface area contributed by atoms with E-state index in [1.807, 2.05) is 48.7 Å². The third-order valence-electron chi connectivity index (χ3n) is 5.61. The van der Waals surface area contributed by atoms with Gasteiger partial charge in [-0.2, -0.15) is 5.10 Å². The molecule has 160 valence electrons. The first-order valence-corrected chi connectivity index (χ1v) is 10.6. The fourth-order valence-corrected chi connectivity index (χ4v) is 4.07. The number of hydrogen-bond acceptors (Lipinski definition) is 4. The fourth-order valence-electron chi connectivity index (χ4n) is 4.07. The van der Waals surface area contributed by atoms with Crippen molar-refractivity contribution in [3.8, 4) is 5.69 Å². The highest BCUT2D eigenvalue weighted by Gasteiger charge is 2.27. The van der Waals surface area contributed by atoms with Crippen LogP contribution in [0, 0.1) is 0 Å². The van der Waals surface area contributed by atoms with E-state index in [0.717, 1.165) is 22.2 Å². The zero-order valence-corrected chi connectivity index (χ0v) is 17.6. The number of fused-ring (bicyclic) bond motifs is 3. The Balaban J connectivity index is 1.51. The highest BCUT2D eigenvalue weighted by molar-refractivity contribution is 6.18. The molecule has 1 amide bonds. The van der Waals surface area contributed by atoms with Crippen LogP contribution in [0.3, 0.4) is 0 Å². The first-order valence-electron chi connectivity index (χ1n) is 10.6. The number of H-pyrrole nitrogens is 1. The van der Waals surface area contributed by atoms with Crippen LogP contribution in [0.25, 0.3) is 22.2 Å². The van der Waals surface area contributed by atoms with Crippen LogP contribution >= 0.6 is 0 Å². The summed E-state index contributed by atoms with van der Waals surface area (Å²) in [5.74, 6) is -0.623. The molecule has 0 aliphatic carbocycles. The molecule has 0 bridgehead atoms. The van der Waals surface area contributed by atoms with Crippen molar-refractivity contribution in [2.24, 2.45) is 0 Å². The topological polar surface area (TPSA) is 80.2 Å². The van der Waals surface area contributed by atoms with Crippen LogP contribution in [-0.2, 0) is 16.0 Å². The molecule has 7 nitrogen and oxygen atoms in total. The largest absolute Gasteiger partial charge is 0.462 e. The van der Waals surface area contributed by atoms with E-state index in [-0.39, 0.29) is 12.5 Å². The second kappa shape index (κ2) is 8.19. The zero-order valence-electron chi connectivity index (χ0n) is 17.6. The number of ether oxygens (including phenoxy) is 1. The van der Waals surface area contributed by atoms with Crippen molar-refractivity contribution in [2.75, 3.05) is 13.2 Å². The van der Waals surface area contributed by atoms with E-state index in [2.05, 4.69) is 10.1 Å². The van der Waals surface area contributed by atoms with E-state index in [4.69, 9.17) is 4.74 Å². The Kier molecular flexibility index (Phi) is 5.07. The van der Waals surface area contributed by atoms with Crippen LogP contribution in [0.15, 0.2) is 73.2 Å². The average Bonchev–Trinajstić information content (AvgIpc) is 3.44. The van der Waals surface area contributed by atoms with Gasteiger partial charge < -0.3 is 14.6 Å². The molecule has 0 saturated carbocycles. The normalized spacial score (nSPS) is 13.4. The Hall–Kier alpha value is -4.13. The van der Waals surface area contributed by atoms with Crippen LogP contribution in [0.1, 0.15) is 28.5 Å². The van der Waals surface area contributed by atoms with Crippen molar-refractivity contribution < 1.29 is 14.3 Å². The third kappa shape index (κ3) is 3.47. The molecule has 0 atom stereocenters. The number of aromatic nitrogens is 3. The Morgan fingerprint density at radius 2 is 1.91 bits per heavy atom. The van der Waals surface area contributed by atoms with Crippen LogP contribution in [0.5, 0.6) is 0 Å². The molecule has 1 aliphatic rings. The number of esters is 1. The maximum atomic E-state index is 13.3. The predicted octanol–water partition coefficient (Wildman–Crippen LogP) is 3.96. The minimum Gasteiger partial charge on any atom is -0.462 e. The first kappa shape index (κ1) is 19.8. The number of nitrogens with one attached hydrogen (secondary N) is 1. The smallest absolute Gasteiger partial charge is 0.341 e. The van der Waals surface area contributed by atoms with Crippen LogP contribution < -0.4 is 0 Å². The van der Waals surface area contributed by atoms with Crippen LogP contribution in [0.4, 0.5) is 0 Å². The molecule has 0 spiro atoms. The van der Waals surface area contributed by atoms with E-state index >= 15 is 0 Å². The number of amides is 1. The summed E-state index contributed by atoms with van der Waals surface area (Å²) in [6, 6.07) is 17.0. The van der Waals surface area contributed by atoms with Gasteiger partial charge >= 0.3 is 5.97 Å². The van der Waals surface area contributed by atoms with Crippen molar-refractivity contribution in [1.82, 2.24) is 19.7 Å². The van der Waals surface area contributed by atoms with Gasteiger partial charge in [-0.15, -0.1) is 0 Å². The Morgan fingerprint density at radius 3 is 2.66 bits per heavy atom. The van der Waals surface area contributed by atoms with Crippen molar-refractivity contribution in [1.29, 1.82) is 0 Å². The van der Waals surface area contributed by atoms with Crippen LogP contribution in [0.2, 0.25) is 0 Å². The van der Waals surface area contributed by atoms with E-state index in [9.17, 15) is 9.59 Å². The van der Waals surface area contributed by atoms with E-state index in [0.29, 0.717) is 29.8 Å². The molecule has 7 heteroatoms. The van der Waals surface area contributed by atoms with Gasteiger partial charge in [-0.05, 0) is 55.3 Å². The number of nitrogens with zero attached hydrogens (tertiary/aromatic N) is 3. The van der Waals surface area contributed by atoms with E-state index in [1.54, 1.807) is 41.0 Å². The van der Waals surface area contributed by atoms with Gasteiger partial charge in [-0.1, -0.05) is 18.2 Å². The molecule has 0 unspecified atom stereocenters. The minimum atomic E-state index is -0.450. The Bertz CT molecular complexity index is 1320. The van der Waals surface area contributed by atoms with Gasteiger partial charge in [0.1, 0.15) is 0 Å². The van der Waals surface area contributed by atoms with Gasteiger partial charge in [0.2, 0.25) is 0 Å².